The summed E-state index contributed by atoms with van der Waals surface area (Å²) in [5.74, 6) is -1.99. The molecular weight excluding hydrogens is 1300 g/mol. The molecule has 105 heavy (non-hydrogen) atoms. The van der Waals surface area contributed by atoms with Crippen LogP contribution in [0, 0.1) is 0 Å². The van der Waals surface area contributed by atoms with Crippen LogP contribution in [0.5, 0.6) is 0 Å². The van der Waals surface area contributed by atoms with Crippen molar-refractivity contribution in [2.24, 2.45) is 0 Å². The summed E-state index contributed by atoms with van der Waals surface area (Å²) in [4.78, 5) is 37.8. The number of quaternary nitrogens is 1. The van der Waals surface area contributed by atoms with E-state index in [0.29, 0.717) is 17.4 Å². The van der Waals surface area contributed by atoms with Gasteiger partial charge in [0.1, 0.15) is 13.2 Å². The van der Waals surface area contributed by atoms with Crippen LogP contribution in [-0.4, -0.2) is 87.4 Å². The maximum atomic E-state index is 13.0. The molecule has 9 nitrogen and oxygen atoms in total. The number of carboxylic acids is 1. The topological polar surface area (TPSA) is 108 Å². The van der Waals surface area contributed by atoms with Gasteiger partial charge in [-0.05, 0) is 116 Å². The molecule has 0 aliphatic rings. The van der Waals surface area contributed by atoms with Gasteiger partial charge in [-0.25, -0.2) is 4.79 Å². The first kappa shape index (κ1) is 100. The SMILES string of the molecule is CC/C=C\C/C=C\C/C=C\C/C=C\C/C=C\C/C=C\C/C=C\C/C=C\CCCCCCCCCCCCCCCCC(=O)OC(COC(=O)CCCCCCCCCCCCCCCCCCCCCCCCCCCC/C=C\C/C=C\C/C=C\CCCCCCC)COC(OCC[N+](C)(C)C)C(=O)O. The van der Waals surface area contributed by atoms with Gasteiger partial charge in [0.2, 0.25) is 0 Å². The normalized spacial score (nSPS) is 13.3. The second-order valence-electron chi connectivity index (χ2n) is 30.8. The number of carbonyl (C=O) groups excluding carboxylic acids is 2. The van der Waals surface area contributed by atoms with E-state index in [1.807, 2.05) is 21.1 Å². The third kappa shape index (κ3) is 86.5. The van der Waals surface area contributed by atoms with Gasteiger partial charge >= 0.3 is 17.9 Å². The Hall–Kier alpha value is -4.57. The number of nitrogens with zero attached hydrogens (tertiary/aromatic N) is 1. The Labute approximate surface area is 650 Å². The van der Waals surface area contributed by atoms with Gasteiger partial charge in [-0.3, -0.25) is 9.59 Å². The molecule has 2 atom stereocenters. The summed E-state index contributed by atoms with van der Waals surface area (Å²) in [5.41, 5.74) is 0. The average Bonchev–Trinajstić information content (AvgIpc) is 1.97. The Morgan fingerprint density at radius 1 is 0.295 bits per heavy atom. The second-order valence-corrected chi connectivity index (χ2v) is 30.8. The van der Waals surface area contributed by atoms with E-state index in [-0.39, 0.29) is 32.2 Å². The summed E-state index contributed by atoms with van der Waals surface area (Å²) < 4.78 is 23.1. The highest BCUT2D eigenvalue weighted by Gasteiger charge is 2.25. The summed E-state index contributed by atoms with van der Waals surface area (Å²) in [5, 5.41) is 9.79. The van der Waals surface area contributed by atoms with Gasteiger partial charge in [-0.15, -0.1) is 0 Å². The van der Waals surface area contributed by atoms with Crippen molar-refractivity contribution in [2.45, 2.75) is 411 Å². The molecule has 0 aromatic heterocycles. The smallest absolute Gasteiger partial charge is 0.361 e. The van der Waals surface area contributed by atoms with Crippen LogP contribution in [0.4, 0.5) is 0 Å². The summed E-state index contributed by atoms with van der Waals surface area (Å²) in [6, 6.07) is 0. The van der Waals surface area contributed by atoms with E-state index in [1.165, 1.54) is 270 Å². The van der Waals surface area contributed by atoms with E-state index in [2.05, 4.69) is 148 Å². The number of esters is 2. The van der Waals surface area contributed by atoms with Crippen molar-refractivity contribution < 1.29 is 42.9 Å². The van der Waals surface area contributed by atoms with E-state index in [9.17, 15) is 19.5 Å². The lowest BCUT2D eigenvalue weighted by atomic mass is 10.0. The number of likely N-dealkylation sites (N-methyl/N-ethyl adjacent to an activating group) is 1. The lowest BCUT2D eigenvalue weighted by Gasteiger charge is -2.25. The highest BCUT2D eigenvalue weighted by molar-refractivity contribution is 5.71. The molecule has 0 saturated carbocycles. The first-order chi connectivity index (χ1) is 51.6. The summed E-state index contributed by atoms with van der Waals surface area (Å²) >= 11 is 0. The number of carboxylic acid groups (broad SMARTS) is 1. The maximum Gasteiger partial charge on any atom is 0.361 e. The molecule has 0 fully saturated rings. The van der Waals surface area contributed by atoms with Gasteiger partial charge in [0.05, 0.1) is 34.4 Å². The predicted octanol–water partition coefficient (Wildman–Crippen LogP) is 29.2. The summed E-state index contributed by atoms with van der Waals surface area (Å²) in [7, 11) is 5.99. The number of hydrogen-bond acceptors (Lipinski definition) is 7. The molecule has 0 spiro atoms. The molecule has 0 aliphatic heterocycles. The maximum absolute atomic E-state index is 13.0. The lowest BCUT2D eigenvalue weighted by Crippen LogP contribution is -2.40. The molecule has 9 heteroatoms. The minimum Gasteiger partial charge on any atom is -0.477 e. The molecule has 0 aromatic rings. The number of ether oxygens (including phenoxy) is 4. The number of hydrogen-bond donors (Lipinski definition) is 1. The fourth-order valence-corrected chi connectivity index (χ4v) is 12.7. The molecule has 0 saturated heterocycles. The van der Waals surface area contributed by atoms with Gasteiger partial charge in [-0.2, -0.15) is 0 Å². The van der Waals surface area contributed by atoms with Crippen molar-refractivity contribution in [3.63, 3.8) is 0 Å². The van der Waals surface area contributed by atoms with Crippen LogP contribution < -0.4 is 0 Å². The third-order valence-electron chi connectivity index (χ3n) is 19.4. The number of allylic oxidation sites excluding steroid dienone is 22. The summed E-state index contributed by atoms with van der Waals surface area (Å²) in [6.07, 6.45) is 121. The quantitative estimate of drug-likeness (QED) is 0.0211. The van der Waals surface area contributed by atoms with Crippen molar-refractivity contribution in [2.75, 3.05) is 47.5 Å². The number of rotatable bonds is 82. The second kappa shape index (κ2) is 85.0. The zero-order valence-corrected chi connectivity index (χ0v) is 69.4. The fraction of sp³-hybridized carbons (Fsp3) is 0.740. The molecule has 0 amide bonds. The van der Waals surface area contributed by atoms with Gasteiger partial charge in [0.15, 0.2) is 6.10 Å². The van der Waals surface area contributed by atoms with E-state index in [1.54, 1.807) is 0 Å². The van der Waals surface area contributed by atoms with Crippen LogP contribution in [0.2, 0.25) is 0 Å². The van der Waals surface area contributed by atoms with Gasteiger partial charge < -0.3 is 28.5 Å². The van der Waals surface area contributed by atoms with Crippen LogP contribution in [0.3, 0.4) is 0 Å². The number of carbonyl (C=O) groups is 3. The molecule has 1 N–H and O–H groups in total. The zero-order valence-electron chi connectivity index (χ0n) is 69.4. The van der Waals surface area contributed by atoms with Crippen LogP contribution in [-0.2, 0) is 33.3 Å². The zero-order chi connectivity index (χ0) is 76.0. The molecule has 0 bridgehead atoms. The van der Waals surface area contributed by atoms with Crippen molar-refractivity contribution in [3.8, 4) is 0 Å². The largest absolute Gasteiger partial charge is 0.477 e. The van der Waals surface area contributed by atoms with Crippen molar-refractivity contribution >= 4 is 17.9 Å². The Kier molecular flexibility index (Phi) is 81.3. The summed E-state index contributed by atoms with van der Waals surface area (Å²) in [6.45, 7) is 4.79. The predicted molar refractivity (Wildman–Crippen MR) is 456 cm³/mol. The van der Waals surface area contributed by atoms with Crippen molar-refractivity contribution in [3.05, 3.63) is 134 Å². The van der Waals surface area contributed by atoms with Crippen molar-refractivity contribution in [1.82, 2.24) is 0 Å². The molecule has 0 aliphatic carbocycles. The molecule has 2 unspecified atom stereocenters. The molecule has 604 valence electrons. The van der Waals surface area contributed by atoms with E-state index in [0.717, 1.165) is 103 Å². The molecule has 0 radical (unpaired) electrons. The van der Waals surface area contributed by atoms with E-state index < -0.39 is 24.3 Å². The van der Waals surface area contributed by atoms with Crippen LogP contribution in [0.1, 0.15) is 399 Å². The van der Waals surface area contributed by atoms with Gasteiger partial charge in [0, 0.05) is 12.8 Å². The molecule has 0 aromatic carbocycles. The Balaban J connectivity index is 3.97. The average molecular weight is 1460 g/mol. The highest BCUT2D eigenvalue weighted by atomic mass is 16.7. The minimum atomic E-state index is -1.52. The van der Waals surface area contributed by atoms with E-state index in [4.69, 9.17) is 18.9 Å². The van der Waals surface area contributed by atoms with Gasteiger partial charge in [0.25, 0.3) is 6.29 Å². The van der Waals surface area contributed by atoms with Crippen LogP contribution in [0.15, 0.2) is 134 Å². The Morgan fingerprint density at radius 2 is 0.543 bits per heavy atom. The number of unbranched alkanes of at least 4 members (excludes halogenated alkanes) is 45. The Bertz CT molecular complexity index is 2200. The Morgan fingerprint density at radius 3 is 0.810 bits per heavy atom. The van der Waals surface area contributed by atoms with Crippen LogP contribution in [0.25, 0.3) is 0 Å². The molecular formula is C96H168NO8+. The van der Waals surface area contributed by atoms with Crippen molar-refractivity contribution in [1.29, 1.82) is 0 Å². The highest BCUT2D eigenvalue weighted by Crippen LogP contribution is 2.20. The standard InChI is InChI=1S/C96H167NO8/c1-6-8-10-12-14-16-18-20-22-24-26-28-30-32-34-36-38-40-42-44-46-47-49-50-52-54-56-58-60-62-64-66-68-70-72-74-76-78-80-82-84-86-93(98)103-90-92(91-104-96(95(100)101)102-89-88-97(3,4)5)105-94(99)87-85-83-81-79-77-75-73-71-69-67-65-63-61-59-57-55-53-51-48-45-43-41-39-37-35-33-31-29-27-25-23-21-19-17-15-13-11-9-7-2/h9,11,15,17-18,20-21,23-24,26-27,29-30,32-33,35,39,41,45,48,53,55,92,96H,6-8,10,12-14,16,19,22,25,28,31,34,36-38,40,42-44,46-47,49-52,54,56-91H2,1-5H3/p+1/b11-9-,17-15-,20-18-,23-21-,26-24-,29-27-,32-30-,35-33-,41-39-,48-45-,55-53-. The van der Waals surface area contributed by atoms with Crippen LogP contribution >= 0.6 is 0 Å². The number of aliphatic carboxylic acids is 1. The first-order valence-corrected chi connectivity index (χ1v) is 44.3. The minimum absolute atomic E-state index is 0.183. The third-order valence-corrected chi connectivity index (χ3v) is 19.4. The molecule has 0 rings (SSSR count). The van der Waals surface area contributed by atoms with Gasteiger partial charge in [-0.1, -0.05) is 404 Å². The molecule has 0 heterocycles. The first-order valence-electron chi connectivity index (χ1n) is 44.3. The lowest BCUT2D eigenvalue weighted by molar-refractivity contribution is -0.870. The fourth-order valence-electron chi connectivity index (χ4n) is 12.7. The monoisotopic (exact) mass is 1460 g/mol. The van der Waals surface area contributed by atoms with E-state index >= 15 is 0 Å².